The van der Waals surface area contributed by atoms with Crippen molar-refractivity contribution >= 4 is 5.91 Å². The molecule has 1 heterocycles. The van der Waals surface area contributed by atoms with Crippen molar-refractivity contribution in [1.82, 2.24) is 9.80 Å². The second-order valence-electron chi connectivity index (χ2n) is 7.50. The lowest BCUT2D eigenvalue weighted by atomic mass is 10.0. The van der Waals surface area contributed by atoms with Crippen LogP contribution in [0.4, 0.5) is 0 Å². The van der Waals surface area contributed by atoms with Crippen LogP contribution in [0.25, 0.3) is 11.1 Å². The fraction of sp³-hybridized carbons (Fsp3) is 0.240. The molecule has 3 aromatic carbocycles. The second kappa shape index (κ2) is 8.41. The van der Waals surface area contributed by atoms with Crippen molar-refractivity contribution in [3.05, 3.63) is 96.1 Å². The molecule has 1 amide bonds. The summed E-state index contributed by atoms with van der Waals surface area (Å²) in [6.45, 7) is 5.59. The maximum absolute atomic E-state index is 13.1. The van der Waals surface area contributed by atoms with E-state index in [1.54, 1.807) is 0 Å². The minimum atomic E-state index is 0.129. The fourth-order valence-electron chi connectivity index (χ4n) is 3.88. The maximum atomic E-state index is 13.1. The Morgan fingerprint density at radius 1 is 0.857 bits per heavy atom. The van der Waals surface area contributed by atoms with Gasteiger partial charge in [0, 0.05) is 37.8 Å². The zero-order chi connectivity index (χ0) is 19.3. The van der Waals surface area contributed by atoms with Gasteiger partial charge in [-0.05, 0) is 35.7 Å². The Balaban J connectivity index is 1.44. The molecule has 1 atom stereocenters. The van der Waals surface area contributed by atoms with E-state index in [4.69, 9.17) is 0 Å². The predicted molar refractivity (Wildman–Crippen MR) is 114 cm³/mol. The van der Waals surface area contributed by atoms with Gasteiger partial charge in [0.25, 0.3) is 5.91 Å². The van der Waals surface area contributed by atoms with Crippen molar-refractivity contribution in [1.29, 1.82) is 0 Å². The van der Waals surface area contributed by atoms with Gasteiger partial charge in [0.1, 0.15) is 0 Å². The van der Waals surface area contributed by atoms with Gasteiger partial charge in [0.15, 0.2) is 0 Å². The normalized spacial score (nSPS) is 17.5. The molecule has 3 nitrogen and oxygen atoms in total. The summed E-state index contributed by atoms with van der Waals surface area (Å²) in [7, 11) is 0. The van der Waals surface area contributed by atoms with Crippen LogP contribution in [0, 0.1) is 0 Å². The number of nitrogens with zero attached hydrogens (tertiary/aromatic N) is 2. The minimum absolute atomic E-state index is 0.129. The number of piperazine rings is 1. The molecule has 0 N–H and O–H groups in total. The number of carbonyl (C=O) groups excluding carboxylic acids is 1. The monoisotopic (exact) mass is 370 g/mol. The number of benzene rings is 3. The lowest BCUT2D eigenvalue weighted by Gasteiger charge is -2.40. The molecule has 28 heavy (non-hydrogen) atoms. The molecule has 0 saturated carbocycles. The van der Waals surface area contributed by atoms with Gasteiger partial charge in [-0.1, -0.05) is 72.8 Å². The Hall–Kier alpha value is -2.91. The first-order chi connectivity index (χ1) is 13.7. The number of carbonyl (C=O) groups is 1. The lowest BCUT2D eigenvalue weighted by Crippen LogP contribution is -2.53. The summed E-state index contributed by atoms with van der Waals surface area (Å²) in [5.74, 6) is 0.129. The van der Waals surface area contributed by atoms with Crippen LogP contribution in [0.2, 0.25) is 0 Å². The third kappa shape index (κ3) is 4.15. The third-order valence-corrected chi connectivity index (χ3v) is 5.50. The van der Waals surface area contributed by atoms with Gasteiger partial charge >= 0.3 is 0 Å². The summed E-state index contributed by atoms with van der Waals surface area (Å²) >= 11 is 0. The highest BCUT2D eigenvalue weighted by Crippen LogP contribution is 2.22. The van der Waals surface area contributed by atoms with Crippen molar-refractivity contribution in [2.24, 2.45) is 0 Å². The molecule has 142 valence electrons. The van der Waals surface area contributed by atoms with E-state index in [9.17, 15) is 4.79 Å². The number of rotatable bonds is 4. The molecule has 0 aromatic heterocycles. The van der Waals surface area contributed by atoms with E-state index in [0.717, 1.165) is 42.9 Å². The van der Waals surface area contributed by atoms with Crippen LogP contribution < -0.4 is 0 Å². The summed E-state index contributed by atoms with van der Waals surface area (Å²) in [4.78, 5) is 17.6. The van der Waals surface area contributed by atoms with Crippen molar-refractivity contribution < 1.29 is 4.79 Å². The van der Waals surface area contributed by atoms with Crippen molar-refractivity contribution in [2.75, 3.05) is 19.6 Å². The molecule has 1 aliphatic heterocycles. The van der Waals surface area contributed by atoms with Gasteiger partial charge in [0.05, 0.1) is 0 Å². The Morgan fingerprint density at radius 2 is 1.54 bits per heavy atom. The fourth-order valence-corrected chi connectivity index (χ4v) is 3.88. The van der Waals surface area contributed by atoms with E-state index in [1.807, 2.05) is 47.4 Å². The van der Waals surface area contributed by atoms with E-state index in [-0.39, 0.29) is 5.91 Å². The van der Waals surface area contributed by atoms with Gasteiger partial charge in [0.2, 0.25) is 0 Å². The number of hydrogen-bond acceptors (Lipinski definition) is 2. The summed E-state index contributed by atoms with van der Waals surface area (Å²) in [6, 6.07) is 29.1. The number of amides is 1. The van der Waals surface area contributed by atoms with Crippen molar-refractivity contribution in [3.8, 4) is 11.1 Å². The summed E-state index contributed by atoms with van der Waals surface area (Å²) in [5.41, 5.74) is 4.31. The van der Waals surface area contributed by atoms with E-state index in [0.29, 0.717) is 6.04 Å². The average molecular weight is 370 g/mol. The smallest absolute Gasteiger partial charge is 0.253 e. The van der Waals surface area contributed by atoms with Crippen LogP contribution in [-0.2, 0) is 6.54 Å². The molecule has 3 heteroatoms. The minimum Gasteiger partial charge on any atom is -0.336 e. The van der Waals surface area contributed by atoms with E-state index in [1.165, 1.54) is 5.56 Å². The quantitative estimate of drug-likeness (QED) is 0.665. The topological polar surface area (TPSA) is 23.6 Å². The molecule has 1 aliphatic rings. The Kier molecular flexibility index (Phi) is 5.54. The molecule has 0 bridgehead atoms. The largest absolute Gasteiger partial charge is 0.336 e. The van der Waals surface area contributed by atoms with Crippen molar-refractivity contribution in [2.45, 2.75) is 19.5 Å². The Labute approximate surface area is 167 Å². The first-order valence-corrected chi connectivity index (χ1v) is 9.93. The van der Waals surface area contributed by atoms with Crippen LogP contribution in [0.5, 0.6) is 0 Å². The summed E-state index contributed by atoms with van der Waals surface area (Å²) < 4.78 is 0. The molecule has 3 aromatic rings. The SMILES string of the molecule is CC1CN(C(=O)c2cccc(-c3ccccc3)c2)CCN1Cc1ccccc1. The Morgan fingerprint density at radius 3 is 2.25 bits per heavy atom. The van der Waals surface area contributed by atoms with E-state index in [2.05, 4.69) is 54.3 Å². The van der Waals surface area contributed by atoms with E-state index >= 15 is 0 Å². The first-order valence-electron chi connectivity index (χ1n) is 9.93. The highest BCUT2D eigenvalue weighted by atomic mass is 16.2. The zero-order valence-corrected chi connectivity index (χ0v) is 16.3. The van der Waals surface area contributed by atoms with Crippen LogP contribution in [0.3, 0.4) is 0 Å². The molecule has 1 unspecified atom stereocenters. The van der Waals surface area contributed by atoms with Crippen molar-refractivity contribution in [3.63, 3.8) is 0 Å². The van der Waals surface area contributed by atoms with Crippen LogP contribution in [-0.4, -0.2) is 41.4 Å². The third-order valence-electron chi connectivity index (χ3n) is 5.50. The molecule has 0 spiro atoms. The zero-order valence-electron chi connectivity index (χ0n) is 16.3. The maximum Gasteiger partial charge on any atom is 0.253 e. The van der Waals surface area contributed by atoms with Gasteiger partial charge in [-0.3, -0.25) is 9.69 Å². The molecular formula is C25H26N2O. The molecular weight excluding hydrogens is 344 g/mol. The summed E-state index contributed by atoms with van der Waals surface area (Å²) in [6.07, 6.45) is 0. The molecule has 0 radical (unpaired) electrons. The van der Waals surface area contributed by atoms with Gasteiger partial charge < -0.3 is 4.90 Å². The lowest BCUT2D eigenvalue weighted by molar-refractivity contribution is 0.0495. The highest BCUT2D eigenvalue weighted by Gasteiger charge is 2.27. The highest BCUT2D eigenvalue weighted by molar-refractivity contribution is 5.95. The first kappa shape index (κ1) is 18.5. The van der Waals surface area contributed by atoms with Gasteiger partial charge in [-0.2, -0.15) is 0 Å². The average Bonchev–Trinajstić information content (AvgIpc) is 2.76. The number of hydrogen-bond donors (Lipinski definition) is 0. The molecule has 1 fully saturated rings. The molecule has 4 rings (SSSR count). The molecule has 1 saturated heterocycles. The summed E-state index contributed by atoms with van der Waals surface area (Å²) in [5, 5.41) is 0. The van der Waals surface area contributed by atoms with Gasteiger partial charge in [-0.25, -0.2) is 0 Å². The molecule has 0 aliphatic carbocycles. The van der Waals surface area contributed by atoms with Crippen LogP contribution in [0.1, 0.15) is 22.8 Å². The van der Waals surface area contributed by atoms with Gasteiger partial charge in [-0.15, -0.1) is 0 Å². The Bertz CT molecular complexity index is 924. The predicted octanol–water partition coefficient (Wildman–Crippen LogP) is 4.70. The van der Waals surface area contributed by atoms with E-state index < -0.39 is 0 Å². The van der Waals surface area contributed by atoms with Crippen LogP contribution >= 0.6 is 0 Å². The second-order valence-corrected chi connectivity index (χ2v) is 7.50. The standard InChI is InChI=1S/C25H26N2O/c1-20-18-27(16-15-26(20)19-21-9-4-2-5-10-21)25(28)24-14-8-13-23(17-24)22-11-6-3-7-12-22/h2-14,17,20H,15-16,18-19H2,1H3. The van der Waals surface area contributed by atoms with Crippen LogP contribution in [0.15, 0.2) is 84.9 Å².